The Morgan fingerprint density at radius 1 is 0.897 bits per heavy atom. The summed E-state index contributed by atoms with van der Waals surface area (Å²) in [6.45, 7) is 11.7. The number of anilines is 5. The molecule has 4 aliphatic heterocycles. The molecule has 14 heteroatoms. The minimum Gasteiger partial charge on any atom is -0.369 e. The number of amides is 3. The third-order valence-corrected chi connectivity index (χ3v) is 12.4. The number of nitrogens with one attached hydrogen (secondary N) is 3. The maximum atomic E-state index is 13.6. The molecule has 9 rings (SSSR count). The first-order chi connectivity index (χ1) is 28.2. The van der Waals surface area contributed by atoms with Crippen LogP contribution in [0.2, 0.25) is 0 Å². The van der Waals surface area contributed by atoms with Gasteiger partial charge in [0, 0.05) is 100 Å². The van der Waals surface area contributed by atoms with E-state index in [1.807, 2.05) is 24.2 Å². The summed E-state index contributed by atoms with van der Waals surface area (Å²) in [5, 5.41) is 15.3. The van der Waals surface area contributed by atoms with Crippen molar-refractivity contribution in [2.75, 3.05) is 67.9 Å². The van der Waals surface area contributed by atoms with Gasteiger partial charge in [-0.2, -0.15) is 10.1 Å². The van der Waals surface area contributed by atoms with Crippen LogP contribution in [0.15, 0.2) is 66.9 Å². The van der Waals surface area contributed by atoms with Crippen molar-refractivity contribution in [3.63, 3.8) is 0 Å². The number of benzene rings is 3. The number of piperazine rings is 1. The predicted molar refractivity (Wildman–Crippen MR) is 225 cm³/mol. The number of para-hydroxylation sites is 1. The van der Waals surface area contributed by atoms with Crippen LogP contribution in [-0.2, 0) is 18.4 Å². The largest absolute Gasteiger partial charge is 0.369 e. The van der Waals surface area contributed by atoms with Gasteiger partial charge in [0.05, 0.1) is 5.39 Å². The average Bonchev–Trinajstić information content (AvgIpc) is 3.74. The van der Waals surface area contributed by atoms with E-state index in [1.54, 1.807) is 21.7 Å². The van der Waals surface area contributed by atoms with Crippen LogP contribution in [0.25, 0.3) is 11.0 Å². The Bertz CT molecular complexity index is 2340. The molecule has 4 aliphatic rings. The highest BCUT2D eigenvalue weighted by atomic mass is 16.2. The second kappa shape index (κ2) is 15.7. The number of likely N-dealkylation sites (tertiary alicyclic amines) is 1. The Balaban J connectivity index is 0.735. The van der Waals surface area contributed by atoms with Crippen LogP contribution in [0.5, 0.6) is 0 Å². The van der Waals surface area contributed by atoms with Crippen molar-refractivity contribution in [2.24, 2.45) is 13.0 Å². The number of carbonyl (C=O) groups is 3. The standard InChI is InChI=1S/C44H51N11O3/c1-28-6-4-7-29(2)38(28)48-39-36-25-46-44(49-40(36)51(3)50-39)47-33-10-12-34(13-11-33)53-22-20-52(21-23-53)26-30-15-18-54(19-16-30)42(57)31-9-14-35-32(24-31)27-55(43(35)58)37-8-5-17-45-41(37)56/h4,6-7,9-14,24-25,30,37H,5,8,15-23,26-27H2,1-3H3,(H,45,56)(H,48,50)(H,46,47,49). The number of hydrogen-bond donors (Lipinski definition) is 3. The molecular formula is C44H51N11O3. The van der Waals surface area contributed by atoms with E-state index in [4.69, 9.17) is 10.1 Å². The fourth-order valence-electron chi connectivity index (χ4n) is 9.04. The molecule has 2 aromatic heterocycles. The van der Waals surface area contributed by atoms with Gasteiger partial charge in [0.25, 0.3) is 11.8 Å². The summed E-state index contributed by atoms with van der Waals surface area (Å²) in [6, 6.07) is 19.7. The predicted octanol–water partition coefficient (Wildman–Crippen LogP) is 5.38. The molecule has 1 unspecified atom stereocenters. The summed E-state index contributed by atoms with van der Waals surface area (Å²) < 4.78 is 1.78. The molecule has 14 nitrogen and oxygen atoms in total. The lowest BCUT2D eigenvalue weighted by Crippen LogP contribution is -2.50. The van der Waals surface area contributed by atoms with Gasteiger partial charge in [-0.15, -0.1) is 0 Å². The van der Waals surface area contributed by atoms with Crippen molar-refractivity contribution < 1.29 is 14.4 Å². The van der Waals surface area contributed by atoms with Gasteiger partial charge in [-0.05, 0) is 105 Å². The van der Waals surface area contributed by atoms with E-state index in [2.05, 4.69) is 87.0 Å². The third-order valence-electron chi connectivity index (χ3n) is 12.4. The maximum absolute atomic E-state index is 13.6. The first-order valence-electron chi connectivity index (χ1n) is 20.6. The lowest BCUT2D eigenvalue weighted by atomic mass is 9.95. The molecule has 0 aliphatic carbocycles. The number of piperidine rings is 2. The molecule has 300 valence electrons. The number of aromatic nitrogens is 4. The van der Waals surface area contributed by atoms with Gasteiger partial charge >= 0.3 is 0 Å². The molecular weight excluding hydrogens is 731 g/mol. The van der Waals surface area contributed by atoms with Crippen LogP contribution in [0.3, 0.4) is 0 Å². The zero-order valence-electron chi connectivity index (χ0n) is 33.5. The topological polar surface area (TPSA) is 144 Å². The summed E-state index contributed by atoms with van der Waals surface area (Å²) in [6.07, 6.45) is 5.32. The quantitative estimate of drug-likeness (QED) is 0.179. The highest BCUT2D eigenvalue weighted by Crippen LogP contribution is 2.31. The lowest BCUT2D eigenvalue weighted by Gasteiger charge is -2.39. The molecule has 0 radical (unpaired) electrons. The van der Waals surface area contributed by atoms with Crippen LogP contribution >= 0.6 is 0 Å². The number of hydrogen-bond acceptors (Lipinski definition) is 10. The Morgan fingerprint density at radius 3 is 2.40 bits per heavy atom. The van der Waals surface area contributed by atoms with Gasteiger partial charge < -0.3 is 30.7 Å². The smallest absolute Gasteiger partial charge is 0.255 e. The second-order valence-corrected chi connectivity index (χ2v) is 16.2. The molecule has 58 heavy (non-hydrogen) atoms. The van der Waals surface area contributed by atoms with Crippen LogP contribution < -0.4 is 20.9 Å². The van der Waals surface area contributed by atoms with E-state index >= 15 is 0 Å². The maximum Gasteiger partial charge on any atom is 0.255 e. The molecule has 5 aromatic rings. The molecule has 0 bridgehead atoms. The van der Waals surface area contributed by atoms with Gasteiger partial charge in [0.15, 0.2) is 11.5 Å². The molecule has 6 heterocycles. The van der Waals surface area contributed by atoms with E-state index < -0.39 is 6.04 Å². The van der Waals surface area contributed by atoms with Crippen molar-refractivity contribution in [3.8, 4) is 0 Å². The first kappa shape index (κ1) is 37.6. The highest BCUT2D eigenvalue weighted by molar-refractivity contribution is 6.03. The fraction of sp³-hybridized carbons (Fsp3) is 0.409. The average molecular weight is 782 g/mol. The summed E-state index contributed by atoms with van der Waals surface area (Å²) in [5.74, 6) is 1.63. The van der Waals surface area contributed by atoms with E-state index in [0.717, 1.165) is 110 Å². The molecule has 0 spiro atoms. The fourth-order valence-corrected chi connectivity index (χ4v) is 9.04. The monoisotopic (exact) mass is 781 g/mol. The summed E-state index contributed by atoms with van der Waals surface area (Å²) >= 11 is 0. The molecule has 3 fully saturated rings. The Hall–Kier alpha value is -6.02. The first-order valence-corrected chi connectivity index (χ1v) is 20.6. The number of fused-ring (bicyclic) bond motifs is 2. The van der Waals surface area contributed by atoms with Crippen molar-refractivity contribution in [3.05, 3.63) is 94.7 Å². The summed E-state index contributed by atoms with van der Waals surface area (Å²) in [4.78, 5) is 57.1. The molecule has 0 saturated carbocycles. The summed E-state index contributed by atoms with van der Waals surface area (Å²) in [7, 11) is 1.90. The van der Waals surface area contributed by atoms with E-state index in [9.17, 15) is 14.4 Å². The van der Waals surface area contributed by atoms with E-state index in [1.165, 1.54) is 5.69 Å². The lowest BCUT2D eigenvalue weighted by molar-refractivity contribution is -0.127. The van der Waals surface area contributed by atoms with Gasteiger partial charge in [-0.25, -0.2) is 9.67 Å². The van der Waals surface area contributed by atoms with Gasteiger partial charge in [-0.1, -0.05) is 18.2 Å². The normalized spacial score (nSPS) is 19.1. The number of aryl methyl sites for hydroxylation is 3. The van der Waals surface area contributed by atoms with Crippen LogP contribution in [0.1, 0.15) is 63.1 Å². The van der Waals surface area contributed by atoms with Gasteiger partial charge in [-0.3, -0.25) is 19.3 Å². The molecule has 3 amide bonds. The van der Waals surface area contributed by atoms with E-state index in [0.29, 0.717) is 42.5 Å². The van der Waals surface area contributed by atoms with Crippen LogP contribution in [0.4, 0.5) is 28.8 Å². The highest BCUT2D eigenvalue weighted by Gasteiger charge is 2.38. The van der Waals surface area contributed by atoms with Crippen molar-refractivity contribution in [1.82, 2.24) is 39.8 Å². The minimum absolute atomic E-state index is 0.0233. The Labute approximate surface area is 338 Å². The minimum atomic E-state index is -0.436. The summed E-state index contributed by atoms with van der Waals surface area (Å²) in [5.41, 5.74) is 8.28. The van der Waals surface area contributed by atoms with Crippen molar-refractivity contribution in [2.45, 2.75) is 52.1 Å². The van der Waals surface area contributed by atoms with Gasteiger partial charge in [0.2, 0.25) is 11.9 Å². The van der Waals surface area contributed by atoms with Gasteiger partial charge in [0.1, 0.15) is 6.04 Å². The zero-order chi connectivity index (χ0) is 39.9. The second-order valence-electron chi connectivity index (χ2n) is 16.2. The van der Waals surface area contributed by atoms with Crippen LogP contribution in [-0.4, -0.2) is 111 Å². The van der Waals surface area contributed by atoms with E-state index in [-0.39, 0.29) is 17.7 Å². The molecule has 3 aromatic carbocycles. The SMILES string of the molecule is Cc1cccc(C)c1Nc1nn(C)c2nc(Nc3ccc(N4CCN(CC5CCN(C(=O)c6ccc7c(c6)CN(C6CCCNC6=O)C7=O)CC5)CC4)cc3)ncc12. The number of nitrogens with zero attached hydrogens (tertiary/aromatic N) is 8. The molecule has 3 saturated heterocycles. The number of carbonyl (C=O) groups excluding carboxylic acids is 3. The molecule has 1 atom stereocenters. The molecule has 3 N–H and O–H groups in total. The Kier molecular flexibility index (Phi) is 10.2. The van der Waals surface area contributed by atoms with Crippen LogP contribution in [0, 0.1) is 19.8 Å². The Morgan fingerprint density at radius 2 is 1.66 bits per heavy atom. The zero-order valence-corrected chi connectivity index (χ0v) is 33.5. The van der Waals surface area contributed by atoms with Crippen molar-refractivity contribution in [1.29, 1.82) is 0 Å². The number of rotatable bonds is 9. The van der Waals surface area contributed by atoms with Crippen molar-refractivity contribution >= 4 is 57.6 Å². The third kappa shape index (κ3) is 7.44.